The van der Waals surface area contributed by atoms with Crippen LogP contribution in [0.4, 0.5) is 24.8 Å². The van der Waals surface area contributed by atoms with Crippen LogP contribution in [0.1, 0.15) is 42.5 Å². The molecule has 1 atom stereocenters. The number of aromatic amines is 1. The molecule has 0 unspecified atom stereocenters. The molecule has 0 spiro atoms. The summed E-state index contributed by atoms with van der Waals surface area (Å²) in [6, 6.07) is 9.05. The number of rotatable bonds is 3. The van der Waals surface area contributed by atoms with Crippen LogP contribution in [0, 0.1) is 0 Å². The van der Waals surface area contributed by atoms with E-state index in [4.69, 9.17) is 0 Å². The van der Waals surface area contributed by atoms with Crippen LogP contribution in [-0.4, -0.2) is 15.9 Å². The van der Waals surface area contributed by atoms with Crippen molar-refractivity contribution in [2.45, 2.75) is 38.4 Å². The van der Waals surface area contributed by atoms with E-state index in [1.54, 1.807) is 18.2 Å². The smallest absolute Gasteiger partial charge is 0.349 e. The number of para-hydroxylation sites is 1. The van der Waals surface area contributed by atoms with Crippen molar-refractivity contribution in [3.8, 4) is 0 Å². The maximum absolute atomic E-state index is 13.1. The van der Waals surface area contributed by atoms with Crippen molar-refractivity contribution in [1.82, 2.24) is 9.97 Å². The quantitative estimate of drug-likeness (QED) is 0.589. The second kappa shape index (κ2) is 6.85. The lowest BCUT2D eigenvalue weighted by Crippen LogP contribution is -2.19. The number of hydrogen-bond acceptors (Lipinski definition) is 3. The van der Waals surface area contributed by atoms with Crippen molar-refractivity contribution in [3.05, 3.63) is 53.1 Å². The van der Waals surface area contributed by atoms with E-state index in [0.29, 0.717) is 29.1 Å². The number of nitrogens with one attached hydrogen (secondary N) is 3. The molecule has 1 aromatic heterocycles. The third-order valence-electron chi connectivity index (χ3n) is 4.92. The van der Waals surface area contributed by atoms with Gasteiger partial charge in [-0.15, -0.1) is 0 Å². The van der Waals surface area contributed by atoms with E-state index in [1.165, 1.54) is 13.0 Å². The number of anilines is 2. The summed E-state index contributed by atoms with van der Waals surface area (Å²) in [5.74, 6) is 0.258. The third-order valence-corrected chi connectivity index (χ3v) is 4.92. The molecule has 1 amide bonds. The molecule has 0 aliphatic heterocycles. The lowest BCUT2D eigenvalue weighted by molar-refractivity contribution is -0.137. The Morgan fingerprint density at radius 3 is 2.82 bits per heavy atom. The number of nitrogens with zero attached hydrogens (tertiary/aromatic N) is 1. The van der Waals surface area contributed by atoms with E-state index >= 15 is 0 Å². The predicted octanol–water partition coefficient (Wildman–Crippen LogP) is 5.03. The molecule has 0 fully saturated rings. The molecular weight excluding hydrogens is 369 g/mol. The van der Waals surface area contributed by atoms with Gasteiger partial charge in [0.1, 0.15) is 5.52 Å². The minimum atomic E-state index is -4.37. The zero-order valence-electron chi connectivity index (χ0n) is 15.2. The number of amides is 1. The maximum atomic E-state index is 13.1. The standard InChI is InChI=1S/C20H19F3N4O/c1-11(28)24-16-6-3-7-17-18(16)27-19(26-17)25-15-5-2-4-12-8-9-13(10-14(12)15)20(21,22)23/h3,6-10,15H,2,4-5H2,1H3,(H,24,28)(H2,25,26,27)/t15-/m0/s1. The lowest BCUT2D eigenvalue weighted by Gasteiger charge is -2.27. The maximum Gasteiger partial charge on any atom is 0.416 e. The highest BCUT2D eigenvalue weighted by molar-refractivity contribution is 5.99. The van der Waals surface area contributed by atoms with Gasteiger partial charge >= 0.3 is 6.18 Å². The number of aromatic nitrogens is 2. The molecule has 28 heavy (non-hydrogen) atoms. The molecule has 0 radical (unpaired) electrons. The molecule has 1 aliphatic rings. The van der Waals surface area contributed by atoms with E-state index in [9.17, 15) is 18.0 Å². The van der Waals surface area contributed by atoms with Crippen molar-refractivity contribution in [1.29, 1.82) is 0 Å². The number of imidazole rings is 1. The number of aryl methyl sites for hydroxylation is 1. The summed E-state index contributed by atoms with van der Waals surface area (Å²) < 4.78 is 39.4. The van der Waals surface area contributed by atoms with Gasteiger partial charge in [-0.25, -0.2) is 4.98 Å². The average molecular weight is 388 g/mol. The molecule has 0 bridgehead atoms. The first-order valence-electron chi connectivity index (χ1n) is 9.04. The zero-order valence-corrected chi connectivity index (χ0v) is 15.2. The SMILES string of the molecule is CC(=O)Nc1cccc2[nH]c(N[C@H]3CCCc4ccc(C(F)(F)F)cc43)nc12. The van der Waals surface area contributed by atoms with Gasteiger partial charge in [0.2, 0.25) is 11.9 Å². The number of hydrogen-bond donors (Lipinski definition) is 3. The summed E-state index contributed by atoms with van der Waals surface area (Å²) in [6.45, 7) is 1.42. The number of alkyl halides is 3. The van der Waals surface area contributed by atoms with Crippen molar-refractivity contribution < 1.29 is 18.0 Å². The first kappa shape index (κ1) is 18.3. The molecule has 0 saturated heterocycles. The monoisotopic (exact) mass is 388 g/mol. The van der Waals surface area contributed by atoms with Crippen LogP contribution < -0.4 is 10.6 Å². The number of benzene rings is 2. The van der Waals surface area contributed by atoms with E-state index in [-0.39, 0.29) is 11.9 Å². The van der Waals surface area contributed by atoms with Gasteiger partial charge in [0.05, 0.1) is 22.8 Å². The second-order valence-corrected chi connectivity index (χ2v) is 6.97. The Morgan fingerprint density at radius 1 is 1.25 bits per heavy atom. The van der Waals surface area contributed by atoms with Crippen LogP contribution in [0.3, 0.4) is 0 Å². The molecule has 1 heterocycles. The number of carbonyl (C=O) groups is 1. The lowest BCUT2D eigenvalue weighted by atomic mass is 9.86. The number of carbonyl (C=O) groups excluding carboxylic acids is 1. The van der Waals surface area contributed by atoms with Crippen LogP contribution in [0.15, 0.2) is 36.4 Å². The van der Waals surface area contributed by atoms with E-state index in [1.807, 2.05) is 6.07 Å². The van der Waals surface area contributed by atoms with E-state index in [0.717, 1.165) is 30.0 Å². The fourth-order valence-electron chi connectivity index (χ4n) is 3.68. The highest BCUT2D eigenvalue weighted by Crippen LogP contribution is 2.37. The molecule has 3 N–H and O–H groups in total. The number of H-pyrrole nitrogens is 1. The highest BCUT2D eigenvalue weighted by atomic mass is 19.4. The van der Waals surface area contributed by atoms with Crippen LogP contribution in [0.2, 0.25) is 0 Å². The fraction of sp³-hybridized carbons (Fsp3) is 0.300. The van der Waals surface area contributed by atoms with Gasteiger partial charge in [-0.2, -0.15) is 13.2 Å². The first-order chi connectivity index (χ1) is 13.3. The number of fused-ring (bicyclic) bond motifs is 2. The topological polar surface area (TPSA) is 69.8 Å². The fourth-order valence-corrected chi connectivity index (χ4v) is 3.68. The highest BCUT2D eigenvalue weighted by Gasteiger charge is 2.32. The Morgan fingerprint density at radius 2 is 2.07 bits per heavy atom. The van der Waals surface area contributed by atoms with Gasteiger partial charge in [-0.1, -0.05) is 12.1 Å². The summed E-state index contributed by atoms with van der Waals surface area (Å²) in [5, 5.41) is 5.97. The van der Waals surface area contributed by atoms with Gasteiger partial charge in [0.15, 0.2) is 0 Å². The van der Waals surface area contributed by atoms with Crippen molar-refractivity contribution in [3.63, 3.8) is 0 Å². The van der Waals surface area contributed by atoms with E-state index in [2.05, 4.69) is 20.6 Å². The predicted molar refractivity (Wildman–Crippen MR) is 101 cm³/mol. The van der Waals surface area contributed by atoms with Crippen LogP contribution in [0.5, 0.6) is 0 Å². The van der Waals surface area contributed by atoms with Crippen LogP contribution in [0.25, 0.3) is 11.0 Å². The molecule has 1 aliphatic carbocycles. The third kappa shape index (κ3) is 3.54. The molecule has 5 nitrogen and oxygen atoms in total. The Kier molecular flexibility index (Phi) is 4.49. The van der Waals surface area contributed by atoms with Gasteiger partial charge < -0.3 is 15.6 Å². The summed E-state index contributed by atoms with van der Waals surface area (Å²) in [7, 11) is 0. The molecular formula is C20H19F3N4O. The summed E-state index contributed by atoms with van der Waals surface area (Å²) in [5.41, 5.74) is 2.85. The van der Waals surface area contributed by atoms with Gasteiger partial charge in [-0.05, 0) is 54.7 Å². The summed E-state index contributed by atoms with van der Waals surface area (Å²) in [4.78, 5) is 19.0. The minimum absolute atomic E-state index is 0.203. The minimum Gasteiger partial charge on any atom is -0.349 e. The normalized spacial score (nSPS) is 16.6. The summed E-state index contributed by atoms with van der Waals surface area (Å²) >= 11 is 0. The second-order valence-electron chi connectivity index (χ2n) is 6.97. The molecule has 2 aromatic carbocycles. The molecule has 3 aromatic rings. The van der Waals surface area contributed by atoms with Crippen molar-refractivity contribution in [2.24, 2.45) is 0 Å². The average Bonchev–Trinajstić information content (AvgIpc) is 3.04. The van der Waals surface area contributed by atoms with Gasteiger partial charge in [0.25, 0.3) is 0 Å². The Balaban J connectivity index is 1.66. The van der Waals surface area contributed by atoms with Crippen LogP contribution >= 0.6 is 0 Å². The Bertz CT molecular complexity index is 1040. The van der Waals surface area contributed by atoms with E-state index < -0.39 is 11.7 Å². The molecule has 146 valence electrons. The van der Waals surface area contributed by atoms with Crippen molar-refractivity contribution in [2.75, 3.05) is 10.6 Å². The summed E-state index contributed by atoms with van der Waals surface area (Å²) in [6.07, 6.45) is -2.01. The Labute approximate surface area is 159 Å². The van der Waals surface area contributed by atoms with Gasteiger partial charge in [-0.3, -0.25) is 4.79 Å². The largest absolute Gasteiger partial charge is 0.416 e. The number of halogens is 3. The first-order valence-corrected chi connectivity index (χ1v) is 9.04. The Hall–Kier alpha value is -3.03. The molecule has 4 rings (SSSR count). The zero-order chi connectivity index (χ0) is 19.9. The van der Waals surface area contributed by atoms with Crippen molar-refractivity contribution >= 4 is 28.6 Å². The molecule has 8 heteroatoms. The van der Waals surface area contributed by atoms with Gasteiger partial charge in [0, 0.05) is 6.92 Å². The molecule has 0 saturated carbocycles. The van der Waals surface area contributed by atoms with Crippen LogP contribution in [-0.2, 0) is 17.4 Å².